The van der Waals surface area contributed by atoms with Crippen LogP contribution in [0.1, 0.15) is 5.56 Å². The van der Waals surface area contributed by atoms with Crippen LogP contribution in [-0.2, 0) is 7.05 Å². The second kappa shape index (κ2) is 5.27. The first-order valence-corrected chi connectivity index (χ1v) is 8.91. The van der Waals surface area contributed by atoms with E-state index in [1.807, 2.05) is 0 Å². The van der Waals surface area contributed by atoms with E-state index < -0.39 is 0 Å². The summed E-state index contributed by atoms with van der Waals surface area (Å²) in [4.78, 5) is 4.83. The van der Waals surface area contributed by atoms with E-state index >= 15 is 0 Å². The first-order valence-electron chi connectivity index (χ1n) is 8.91. The van der Waals surface area contributed by atoms with Crippen LogP contribution in [0.5, 0.6) is 5.75 Å². The monoisotopic (exact) mass is 342 g/mol. The molecule has 128 valence electrons. The van der Waals surface area contributed by atoms with Gasteiger partial charge < -0.3 is 9.55 Å². The molecule has 26 heavy (non-hydrogen) atoms. The Morgan fingerprint density at radius 1 is 1.00 bits per heavy atom. The number of hydrogen-bond donors (Lipinski definition) is 0. The fourth-order valence-corrected chi connectivity index (χ4v) is 4.55. The third-order valence-electron chi connectivity index (χ3n) is 5.72. The maximum Gasteiger partial charge on any atom is 0.538 e. The van der Waals surface area contributed by atoms with Crippen molar-refractivity contribution in [3.63, 3.8) is 0 Å². The summed E-state index contributed by atoms with van der Waals surface area (Å²) < 4.78 is 7.84. The molecule has 0 unspecified atom stereocenters. The Labute approximate surface area is 154 Å². The van der Waals surface area contributed by atoms with Crippen molar-refractivity contribution in [2.75, 3.05) is 23.8 Å². The van der Waals surface area contributed by atoms with E-state index in [4.69, 9.17) is 4.74 Å². The van der Waals surface area contributed by atoms with Crippen molar-refractivity contribution in [1.82, 2.24) is 0 Å². The maximum absolute atomic E-state index is 5.62. The summed E-state index contributed by atoms with van der Waals surface area (Å²) >= 11 is 0. The Kier molecular flexibility index (Phi) is 3.11. The van der Waals surface area contributed by atoms with Crippen molar-refractivity contribution < 1.29 is 9.30 Å². The molecule has 0 fully saturated rings. The number of ether oxygens (including phenoxy) is 1. The second-order valence-electron chi connectivity index (χ2n) is 7.06. The molecule has 0 N–H and O–H groups in total. The molecule has 0 radical (unpaired) electrons. The van der Waals surface area contributed by atoms with Crippen molar-refractivity contribution in [3.8, 4) is 16.9 Å². The van der Waals surface area contributed by atoms with Crippen LogP contribution < -0.4 is 24.4 Å². The first kappa shape index (κ1) is 15.3. The van der Waals surface area contributed by atoms with E-state index in [0.29, 0.717) is 0 Å². The number of aromatic nitrogens is 1. The molecule has 0 saturated heterocycles. The number of rotatable bonds is 1. The van der Waals surface area contributed by atoms with E-state index in [9.17, 15) is 0 Å². The maximum atomic E-state index is 5.62. The third-order valence-corrected chi connectivity index (χ3v) is 5.72. The van der Waals surface area contributed by atoms with Crippen LogP contribution >= 0.6 is 0 Å². The number of fused-ring (bicyclic) bond motifs is 8. The normalized spacial score (nSPS) is 13.9. The van der Waals surface area contributed by atoms with Gasteiger partial charge >= 0.3 is 6.98 Å². The molecule has 0 bridgehead atoms. The number of hydrogen-bond acceptors (Lipinski definition) is 3. The summed E-state index contributed by atoms with van der Waals surface area (Å²) in [5.41, 5.74) is 7.56. The molecule has 0 saturated carbocycles. The van der Waals surface area contributed by atoms with Crippen molar-refractivity contribution in [2.45, 2.75) is 6.92 Å². The van der Waals surface area contributed by atoms with Gasteiger partial charge in [0, 0.05) is 11.0 Å². The fourth-order valence-electron chi connectivity index (χ4n) is 4.55. The minimum atomic E-state index is 0.146. The van der Waals surface area contributed by atoms with Gasteiger partial charge in [0.15, 0.2) is 0 Å². The zero-order valence-corrected chi connectivity index (χ0v) is 15.5. The van der Waals surface area contributed by atoms with Gasteiger partial charge in [0.05, 0.1) is 31.6 Å². The summed E-state index contributed by atoms with van der Waals surface area (Å²) in [7, 11) is 6.04. The molecule has 1 aromatic heterocycles. The number of pyridine rings is 1. The highest BCUT2D eigenvalue weighted by atomic mass is 16.5. The standard InChI is InChI=1S/C21H21BN3O/c1-14-19(26-4)12-11-18-20(14)25-21-16(9-7-13-23(21)2)15-8-5-6-10-17(15)22(25)24(18)3/h5-13H,1-4H3/q+1. The van der Waals surface area contributed by atoms with Gasteiger partial charge in [0.25, 0.3) is 5.82 Å². The molecule has 0 amide bonds. The zero-order chi connectivity index (χ0) is 18.0. The number of benzene rings is 2. The number of methoxy groups -OCH3 is 1. The predicted molar refractivity (Wildman–Crippen MR) is 107 cm³/mol. The first-order chi connectivity index (χ1) is 12.6. The third kappa shape index (κ3) is 1.78. The van der Waals surface area contributed by atoms with Crippen LogP contribution in [0.25, 0.3) is 11.1 Å². The summed E-state index contributed by atoms with van der Waals surface area (Å²) in [6, 6.07) is 17.3. The van der Waals surface area contributed by atoms with Crippen LogP contribution in [0.15, 0.2) is 54.7 Å². The topological polar surface area (TPSA) is 19.6 Å². The summed E-state index contributed by atoms with van der Waals surface area (Å²) in [6.45, 7) is 2.30. The average Bonchev–Trinajstić information content (AvgIpc) is 2.96. The lowest BCUT2D eigenvalue weighted by Crippen LogP contribution is -2.58. The van der Waals surface area contributed by atoms with E-state index in [-0.39, 0.29) is 6.98 Å². The van der Waals surface area contributed by atoms with Crippen LogP contribution in [0.3, 0.4) is 0 Å². The van der Waals surface area contributed by atoms with Gasteiger partial charge in [-0.05, 0) is 43.8 Å². The van der Waals surface area contributed by atoms with Crippen molar-refractivity contribution in [2.24, 2.45) is 7.05 Å². The van der Waals surface area contributed by atoms with Gasteiger partial charge in [0.1, 0.15) is 11.4 Å². The van der Waals surface area contributed by atoms with Crippen LogP contribution in [0, 0.1) is 6.92 Å². The molecule has 0 aliphatic carbocycles. The Hall–Kier alpha value is -2.95. The predicted octanol–water partition coefficient (Wildman–Crippen LogP) is 2.79. The summed E-state index contributed by atoms with van der Waals surface area (Å²) in [5.74, 6) is 2.15. The molecule has 5 heteroatoms. The lowest BCUT2D eigenvalue weighted by atomic mass is 9.60. The smallest absolute Gasteiger partial charge is 0.496 e. The largest absolute Gasteiger partial charge is 0.538 e. The zero-order valence-electron chi connectivity index (χ0n) is 15.5. The molecule has 4 nitrogen and oxygen atoms in total. The Bertz CT molecular complexity index is 1050. The molecular weight excluding hydrogens is 321 g/mol. The molecule has 0 atom stereocenters. The molecule has 2 aliphatic rings. The summed E-state index contributed by atoms with van der Waals surface area (Å²) in [6.07, 6.45) is 2.12. The Morgan fingerprint density at radius 2 is 1.77 bits per heavy atom. The molecule has 2 aliphatic heterocycles. The van der Waals surface area contributed by atoms with Gasteiger partial charge in [-0.15, -0.1) is 0 Å². The molecule has 3 heterocycles. The minimum absolute atomic E-state index is 0.146. The Morgan fingerprint density at radius 3 is 2.58 bits per heavy atom. The van der Waals surface area contributed by atoms with Crippen LogP contribution in [0.4, 0.5) is 17.2 Å². The van der Waals surface area contributed by atoms with Crippen molar-refractivity contribution >= 4 is 29.6 Å². The molecule has 3 aromatic rings. The molecule has 0 spiro atoms. The van der Waals surface area contributed by atoms with E-state index in [1.54, 1.807) is 7.11 Å². The second-order valence-corrected chi connectivity index (χ2v) is 7.06. The summed E-state index contributed by atoms with van der Waals surface area (Å²) in [5, 5.41) is 0. The van der Waals surface area contributed by atoms with Gasteiger partial charge in [0.2, 0.25) is 0 Å². The fraction of sp³-hybridized carbons (Fsp3) is 0.190. The van der Waals surface area contributed by atoms with Gasteiger partial charge in [-0.3, -0.25) is 4.81 Å². The highest BCUT2D eigenvalue weighted by Crippen LogP contribution is 2.49. The molecule has 5 rings (SSSR count). The molecule has 2 aromatic carbocycles. The average molecular weight is 342 g/mol. The lowest BCUT2D eigenvalue weighted by Gasteiger charge is -2.29. The molecular formula is C21H21BN3O+. The highest BCUT2D eigenvalue weighted by molar-refractivity contribution is 6.85. The van der Waals surface area contributed by atoms with Gasteiger partial charge in [-0.2, -0.15) is 0 Å². The van der Waals surface area contributed by atoms with E-state index in [0.717, 1.165) is 5.75 Å². The van der Waals surface area contributed by atoms with E-state index in [2.05, 4.69) is 89.9 Å². The van der Waals surface area contributed by atoms with Crippen molar-refractivity contribution in [1.29, 1.82) is 0 Å². The van der Waals surface area contributed by atoms with Gasteiger partial charge in [-0.25, -0.2) is 4.57 Å². The lowest BCUT2D eigenvalue weighted by molar-refractivity contribution is -0.657. The van der Waals surface area contributed by atoms with Crippen LogP contribution in [0.2, 0.25) is 0 Å². The minimum Gasteiger partial charge on any atom is -0.496 e. The Balaban J connectivity index is 1.89. The quantitative estimate of drug-likeness (QED) is 0.501. The number of anilines is 3. The highest BCUT2D eigenvalue weighted by Gasteiger charge is 2.54. The van der Waals surface area contributed by atoms with E-state index in [1.165, 1.54) is 39.3 Å². The van der Waals surface area contributed by atoms with Crippen molar-refractivity contribution in [3.05, 3.63) is 60.3 Å². The number of nitrogens with zero attached hydrogens (tertiary/aromatic N) is 3. The van der Waals surface area contributed by atoms with Crippen LogP contribution in [-0.4, -0.2) is 21.1 Å². The number of aryl methyl sites for hydroxylation is 1. The van der Waals surface area contributed by atoms with Gasteiger partial charge in [-0.1, -0.05) is 24.3 Å². The SMILES string of the molecule is COc1ccc2c(c1C)N1B(c3ccccc3-c3ccc[n+](C)c31)N2C.